The molecule has 0 N–H and O–H groups in total. The normalized spacial score (nSPS) is 16.1. The monoisotopic (exact) mass is 904 g/mol. The Hall–Kier alpha value is -5.84. The van der Waals surface area contributed by atoms with Gasteiger partial charge in [-0.05, 0) is 156 Å². The van der Waals surface area contributed by atoms with Crippen LogP contribution in [0.2, 0.25) is 0 Å². The molecule has 0 saturated heterocycles. The molecule has 68 heavy (non-hydrogen) atoms. The fourth-order valence-corrected chi connectivity index (χ4v) is 13.4. The van der Waals surface area contributed by atoms with E-state index in [-0.39, 0.29) is 33.9 Å². The summed E-state index contributed by atoms with van der Waals surface area (Å²) in [5.41, 5.74) is 22.7. The van der Waals surface area contributed by atoms with Crippen LogP contribution in [0.25, 0.3) is 65.3 Å². The van der Waals surface area contributed by atoms with Gasteiger partial charge in [0.05, 0.1) is 11.4 Å². The Morgan fingerprint density at radius 2 is 1.06 bits per heavy atom. The number of hydrogen-bond donors (Lipinski definition) is 0. The number of thiophene rings is 1. The number of benzene rings is 7. The maximum Gasteiger partial charge on any atom is 0.343 e. The van der Waals surface area contributed by atoms with Gasteiger partial charge < -0.3 is 9.38 Å². The molecule has 9 aromatic rings. The molecule has 0 radical (unpaired) electrons. The van der Waals surface area contributed by atoms with E-state index in [0.717, 1.165) is 0 Å². The van der Waals surface area contributed by atoms with Gasteiger partial charge in [0, 0.05) is 53.5 Å². The number of fused-ring (bicyclic) bond motifs is 10. The molecule has 2 nitrogen and oxygen atoms in total. The molecule has 2 aliphatic heterocycles. The quantitative estimate of drug-likeness (QED) is 0.160. The number of hydrogen-bond acceptors (Lipinski definition) is 2. The molecule has 0 amide bonds. The van der Waals surface area contributed by atoms with Gasteiger partial charge in [-0.1, -0.05) is 163 Å². The van der Waals surface area contributed by atoms with E-state index in [1.165, 1.54) is 133 Å². The highest BCUT2D eigenvalue weighted by atomic mass is 32.1. The third kappa shape index (κ3) is 6.42. The third-order valence-electron chi connectivity index (χ3n) is 16.3. The van der Waals surface area contributed by atoms with Crippen LogP contribution in [0, 0.1) is 0 Å². The van der Waals surface area contributed by atoms with Crippen LogP contribution >= 0.6 is 11.3 Å². The molecular formula is C64H65BN2S. The second-order valence-electron chi connectivity index (χ2n) is 24.9. The highest BCUT2D eigenvalue weighted by molar-refractivity contribution is 7.32. The minimum atomic E-state index is -0.0561. The summed E-state index contributed by atoms with van der Waals surface area (Å²) in [5.74, 6) is 0. The first-order valence-electron chi connectivity index (χ1n) is 25.1. The van der Waals surface area contributed by atoms with Crippen LogP contribution in [0.3, 0.4) is 0 Å². The van der Waals surface area contributed by atoms with E-state index in [4.69, 9.17) is 0 Å². The van der Waals surface area contributed by atoms with Gasteiger partial charge in [-0.3, -0.25) is 0 Å². The molecule has 0 bridgehead atoms. The zero-order valence-electron chi connectivity index (χ0n) is 42.5. The van der Waals surface area contributed by atoms with Gasteiger partial charge in [-0.25, -0.2) is 0 Å². The van der Waals surface area contributed by atoms with Crippen molar-refractivity contribution in [3.05, 3.63) is 161 Å². The van der Waals surface area contributed by atoms with Crippen LogP contribution in [0.1, 0.15) is 131 Å². The summed E-state index contributed by atoms with van der Waals surface area (Å²) in [6, 6.07) is 52.5. The molecule has 4 heterocycles. The van der Waals surface area contributed by atoms with Crippen LogP contribution < -0.4 is 15.1 Å². The summed E-state index contributed by atoms with van der Waals surface area (Å²) in [5, 5.41) is 4.08. The second kappa shape index (κ2) is 14.4. The Kier molecular flexibility index (Phi) is 9.18. The SMILES string of the molecule is CC(C)(C)c1ccc(N2c3cc(-c4ccccc4)cc4c3B(c3sc5cc6c(cc5c32)C(C)(C)CCC6(C)C)n2c3ccc(C(C)(C)C)cc3c3cc(C(C)(C)C)cc-4c32)c(-c2ccccc2)c1. The Bertz CT molecular complexity index is 3560. The van der Waals surface area contributed by atoms with Gasteiger partial charge in [0.15, 0.2) is 0 Å². The van der Waals surface area contributed by atoms with Crippen LogP contribution in [0.5, 0.6) is 0 Å². The first kappa shape index (κ1) is 43.4. The van der Waals surface area contributed by atoms with Gasteiger partial charge in [0.1, 0.15) is 0 Å². The van der Waals surface area contributed by atoms with E-state index >= 15 is 0 Å². The Morgan fingerprint density at radius 1 is 0.485 bits per heavy atom. The number of nitrogens with zero attached hydrogens (tertiary/aromatic N) is 2. The lowest BCUT2D eigenvalue weighted by molar-refractivity contribution is 0.332. The Morgan fingerprint density at radius 3 is 1.71 bits per heavy atom. The minimum absolute atomic E-state index is 0.0115. The molecule has 3 aliphatic rings. The average molecular weight is 905 g/mol. The second-order valence-corrected chi connectivity index (χ2v) is 26.0. The van der Waals surface area contributed by atoms with Crippen molar-refractivity contribution >= 4 is 77.4 Å². The van der Waals surface area contributed by atoms with E-state index in [2.05, 4.69) is 233 Å². The summed E-state index contributed by atoms with van der Waals surface area (Å²) >= 11 is 2.04. The molecule has 0 fully saturated rings. The molecule has 0 atom stereocenters. The smallest absolute Gasteiger partial charge is 0.343 e. The zero-order chi connectivity index (χ0) is 47.6. The Balaban J connectivity index is 1.30. The molecule has 0 saturated carbocycles. The van der Waals surface area contributed by atoms with Gasteiger partial charge in [-0.2, -0.15) is 0 Å². The van der Waals surface area contributed by atoms with E-state index in [1.54, 1.807) is 0 Å². The molecular weight excluding hydrogens is 840 g/mol. The van der Waals surface area contributed by atoms with Crippen molar-refractivity contribution in [3.63, 3.8) is 0 Å². The summed E-state index contributed by atoms with van der Waals surface area (Å²) in [7, 11) is 0. The van der Waals surface area contributed by atoms with Crippen molar-refractivity contribution < 1.29 is 0 Å². The lowest BCUT2D eigenvalue weighted by Crippen LogP contribution is -2.55. The van der Waals surface area contributed by atoms with Gasteiger partial charge in [-0.15, -0.1) is 11.3 Å². The van der Waals surface area contributed by atoms with Gasteiger partial charge >= 0.3 is 6.85 Å². The van der Waals surface area contributed by atoms with Gasteiger partial charge in [0.2, 0.25) is 0 Å². The highest BCUT2D eigenvalue weighted by Gasteiger charge is 2.47. The lowest BCUT2D eigenvalue weighted by atomic mass is 9.48. The van der Waals surface area contributed by atoms with Crippen LogP contribution in [-0.2, 0) is 27.1 Å². The molecule has 2 aromatic heterocycles. The lowest BCUT2D eigenvalue weighted by Gasteiger charge is -2.42. The average Bonchev–Trinajstić information content (AvgIpc) is 3.84. The van der Waals surface area contributed by atoms with Crippen molar-refractivity contribution in [2.75, 3.05) is 4.90 Å². The number of anilines is 3. The largest absolute Gasteiger partial charge is 0.375 e. The van der Waals surface area contributed by atoms with Crippen molar-refractivity contribution in [1.82, 2.24) is 4.48 Å². The minimum Gasteiger partial charge on any atom is -0.375 e. The summed E-state index contributed by atoms with van der Waals surface area (Å²) in [6.07, 6.45) is 2.36. The first-order valence-corrected chi connectivity index (χ1v) is 25.9. The molecule has 7 aromatic carbocycles. The predicted octanol–water partition coefficient (Wildman–Crippen LogP) is 17.0. The van der Waals surface area contributed by atoms with Crippen LogP contribution in [0.4, 0.5) is 17.1 Å². The predicted molar refractivity (Wildman–Crippen MR) is 298 cm³/mol. The van der Waals surface area contributed by atoms with Crippen molar-refractivity contribution in [1.29, 1.82) is 0 Å². The number of aromatic nitrogens is 1. The third-order valence-corrected chi connectivity index (χ3v) is 17.5. The first-order chi connectivity index (χ1) is 32.1. The maximum atomic E-state index is 2.78. The summed E-state index contributed by atoms with van der Waals surface area (Å²) in [6.45, 7) is 31.1. The van der Waals surface area contributed by atoms with E-state index in [1.807, 2.05) is 11.3 Å². The van der Waals surface area contributed by atoms with E-state index in [0.29, 0.717) is 0 Å². The fraction of sp³-hybridized carbons (Fsp3) is 0.312. The number of rotatable bonds is 3. The van der Waals surface area contributed by atoms with Crippen molar-refractivity contribution in [2.24, 2.45) is 0 Å². The zero-order valence-corrected chi connectivity index (χ0v) is 43.3. The van der Waals surface area contributed by atoms with Gasteiger partial charge in [0.25, 0.3) is 0 Å². The molecule has 340 valence electrons. The van der Waals surface area contributed by atoms with E-state index in [9.17, 15) is 0 Å². The van der Waals surface area contributed by atoms with Crippen molar-refractivity contribution in [3.8, 4) is 33.4 Å². The molecule has 0 spiro atoms. The van der Waals surface area contributed by atoms with E-state index < -0.39 is 0 Å². The van der Waals surface area contributed by atoms with Crippen LogP contribution in [-0.4, -0.2) is 11.3 Å². The summed E-state index contributed by atoms with van der Waals surface area (Å²) in [4.78, 5) is 2.73. The topological polar surface area (TPSA) is 8.17 Å². The van der Waals surface area contributed by atoms with Crippen LogP contribution in [0.15, 0.2) is 133 Å². The van der Waals surface area contributed by atoms with Crippen molar-refractivity contribution in [2.45, 2.75) is 130 Å². The molecule has 0 unspecified atom stereocenters. The fourth-order valence-electron chi connectivity index (χ4n) is 12.1. The standard InChI is InChI=1S/C64H65BN2S/c1-60(2,3)41-24-26-52(44(32-41)39-22-18-15-19-23-39)66-54-31-40(38-20-16-14-17-21-38)30-46-48-35-43(62(7,8)9)34-47-45-33-42(61(4,5)6)25-27-53(45)67(57(47)48)65(56(46)54)59-58(66)49-36-50-51(37-55(49)68-59)64(12,13)29-28-63(50,10)11/h14-27,30-37H,28-29H2,1-13H3. The Labute approximate surface area is 409 Å². The molecule has 1 aliphatic carbocycles. The molecule has 12 rings (SSSR count). The summed E-state index contributed by atoms with van der Waals surface area (Å²) < 4.78 is 5.58. The maximum absolute atomic E-state index is 2.78. The highest BCUT2D eigenvalue weighted by Crippen LogP contribution is 2.55. The molecule has 4 heteroatoms.